The molecule has 0 spiro atoms. The molecule has 3 aromatic rings. The van der Waals surface area contributed by atoms with E-state index < -0.39 is 0 Å². The number of ether oxygens (including phenoxy) is 1. The zero-order valence-electron chi connectivity index (χ0n) is 11.4. The molecule has 2 aromatic heterocycles. The van der Waals surface area contributed by atoms with E-state index in [9.17, 15) is 0 Å². The molecule has 2 N–H and O–H groups in total. The summed E-state index contributed by atoms with van der Waals surface area (Å²) in [5, 5.41) is 19.6. The number of nitrogens with zero attached hydrogens (tertiary/aromatic N) is 4. The Bertz CT molecular complexity index is 679. The lowest BCUT2D eigenvalue weighted by molar-refractivity contribution is 0.302. The topological polar surface area (TPSA) is 88.6 Å². The number of tetrazole rings is 1. The van der Waals surface area contributed by atoms with Gasteiger partial charge < -0.3 is 10.1 Å². The smallest absolute Gasteiger partial charge is 0.263 e. The molecule has 0 aliphatic carbocycles. The first kappa shape index (κ1) is 13.5. The van der Waals surface area contributed by atoms with E-state index in [1.807, 2.05) is 36.6 Å². The molecule has 0 radical (unpaired) electrons. The Morgan fingerprint density at radius 3 is 2.81 bits per heavy atom. The SMILES string of the molecule is Cc1nc(COc2ccc(CNc3nn[nH]n3)cc2)cs1. The van der Waals surface area contributed by atoms with Crippen molar-refractivity contribution < 1.29 is 4.74 Å². The van der Waals surface area contributed by atoms with Crippen LogP contribution in [0.3, 0.4) is 0 Å². The molecule has 0 atom stereocenters. The second kappa shape index (κ2) is 6.31. The number of anilines is 1. The Hall–Kier alpha value is -2.48. The van der Waals surface area contributed by atoms with Crippen LogP contribution in [-0.4, -0.2) is 25.6 Å². The van der Waals surface area contributed by atoms with Gasteiger partial charge >= 0.3 is 0 Å². The largest absolute Gasteiger partial charge is 0.487 e. The fraction of sp³-hybridized carbons (Fsp3) is 0.231. The first-order valence-electron chi connectivity index (χ1n) is 6.39. The van der Waals surface area contributed by atoms with Crippen LogP contribution in [-0.2, 0) is 13.2 Å². The molecule has 0 unspecified atom stereocenters. The summed E-state index contributed by atoms with van der Waals surface area (Å²) < 4.78 is 5.69. The predicted octanol–water partition coefficient (Wildman–Crippen LogP) is 2.16. The highest BCUT2D eigenvalue weighted by Crippen LogP contribution is 2.15. The third-order valence-electron chi connectivity index (χ3n) is 2.77. The van der Waals surface area contributed by atoms with E-state index in [0.717, 1.165) is 22.0 Å². The molecule has 1 aromatic carbocycles. The number of hydrogen-bond acceptors (Lipinski definition) is 7. The van der Waals surface area contributed by atoms with Crippen molar-refractivity contribution in [3.8, 4) is 5.75 Å². The van der Waals surface area contributed by atoms with Crippen molar-refractivity contribution in [2.75, 3.05) is 5.32 Å². The van der Waals surface area contributed by atoms with E-state index in [4.69, 9.17) is 4.74 Å². The van der Waals surface area contributed by atoms with E-state index >= 15 is 0 Å². The van der Waals surface area contributed by atoms with Gasteiger partial charge in [0.05, 0.1) is 10.7 Å². The lowest BCUT2D eigenvalue weighted by atomic mass is 10.2. The summed E-state index contributed by atoms with van der Waals surface area (Å²) in [6.45, 7) is 3.11. The minimum absolute atomic E-state index is 0.481. The maximum Gasteiger partial charge on any atom is 0.263 e. The molecule has 3 rings (SSSR count). The number of aryl methyl sites for hydroxylation is 1. The Morgan fingerprint density at radius 2 is 2.14 bits per heavy atom. The van der Waals surface area contributed by atoms with E-state index in [1.54, 1.807) is 11.3 Å². The van der Waals surface area contributed by atoms with Crippen molar-refractivity contribution in [1.82, 2.24) is 25.6 Å². The van der Waals surface area contributed by atoms with Crippen molar-refractivity contribution >= 4 is 17.3 Å². The van der Waals surface area contributed by atoms with Crippen LogP contribution in [0.5, 0.6) is 5.75 Å². The van der Waals surface area contributed by atoms with E-state index in [0.29, 0.717) is 19.1 Å². The molecule has 0 saturated heterocycles. The van der Waals surface area contributed by atoms with E-state index in [1.165, 1.54) is 0 Å². The maximum absolute atomic E-state index is 5.69. The highest BCUT2D eigenvalue weighted by atomic mass is 32.1. The maximum atomic E-state index is 5.69. The molecule has 108 valence electrons. The first-order valence-corrected chi connectivity index (χ1v) is 7.27. The molecule has 0 aliphatic rings. The first-order chi connectivity index (χ1) is 10.3. The van der Waals surface area contributed by atoms with Gasteiger partial charge in [-0.05, 0) is 29.8 Å². The molecule has 2 heterocycles. The van der Waals surface area contributed by atoms with Crippen LogP contribution in [0, 0.1) is 6.92 Å². The van der Waals surface area contributed by atoms with Crippen molar-refractivity contribution in [1.29, 1.82) is 0 Å². The average Bonchev–Trinajstić information content (AvgIpc) is 3.15. The quantitative estimate of drug-likeness (QED) is 0.725. The summed E-state index contributed by atoms with van der Waals surface area (Å²) in [6, 6.07) is 7.86. The van der Waals surface area contributed by atoms with Gasteiger partial charge in [-0.1, -0.05) is 17.2 Å². The zero-order chi connectivity index (χ0) is 14.5. The summed E-state index contributed by atoms with van der Waals surface area (Å²) in [6.07, 6.45) is 0. The van der Waals surface area contributed by atoms with Gasteiger partial charge in [-0.15, -0.1) is 16.4 Å². The van der Waals surface area contributed by atoms with Gasteiger partial charge in [0, 0.05) is 11.9 Å². The second-order valence-electron chi connectivity index (χ2n) is 4.38. The zero-order valence-corrected chi connectivity index (χ0v) is 12.2. The Labute approximate surface area is 125 Å². The van der Waals surface area contributed by atoms with Crippen molar-refractivity contribution in [3.05, 3.63) is 45.9 Å². The third kappa shape index (κ3) is 3.76. The standard InChI is InChI=1S/C13H14N6OS/c1-9-15-11(8-21-9)7-20-12-4-2-10(3-5-12)6-14-13-16-18-19-17-13/h2-5,8H,6-7H2,1H3,(H2,14,16,17,18,19). The Morgan fingerprint density at radius 1 is 1.29 bits per heavy atom. The second-order valence-corrected chi connectivity index (χ2v) is 5.44. The van der Waals surface area contributed by atoms with E-state index in [-0.39, 0.29) is 0 Å². The Kier molecular flexibility index (Phi) is 4.06. The molecule has 8 heteroatoms. The van der Waals surface area contributed by atoms with Crippen molar-refractivity contribution in [2.45, 2.75) is 20.1 Å². The monoisotopic (exact) mass is 302 g/mol. The summed E-state index contributed by atoms with van der Waals surface area (Å²) in [4.78, 5) is 4.36. The molecule has 0 aliphatic heterocycles. The third-order valence-corrected chi connectivity index (χ3v) is 3.59. The van der Waals surface area contributed by atoms with Gasteiger partial charge in [-0.3, -0.25) is 0 Å². The highest BCUT2D eigenvalue weighted by Gasteiger charge is 2.01. The van der Waals surface area contributed by atoms with Crippen LogP contribution in [0.15, 0.2) is 29.6 Å². The fourth-order valence-electron chi connectivity index (χ4n) is 1.75. The molecular weight excluding hydrogens is 288 g/mol. The van der Waals surface area contributed by atoms with Gasteiger partial charge in [0.15, 0.2) is 0 Å². The summed E-state index contributed by atoms with van der Waals surface area (Å²) in [5.74, 6) is 1.30. The highest BCUT2D eigenvalue weighted by molar-refractivity contribution is 7.09. The fourth-order valence-corrected chi connectivity index (χ4v) is 2.35. The minimum Gasteiger partial charge on any atom is -0.487 e. The van der Waals surface area contributed by atoms with Gasteiger partial charge in [0.25, 0.3) is 5.95 Å². The summed E-state index contributed by atoms with van der Waals surface area (Å²) in [5.41, 5.74) is 2.07. The van der Waals surface area contributed by atoms with Crippen LogP contribution in [0.1, 0.15) is 16.3 Å². The van der Waals surface area contributed by atoms with Gasteiger partial charge in [0.1, 0.15) is 12.4 Å². The van der Waals surface area contributed by atoms with Gasteiger partial charge in [-0.2, -0.15) is 5.21 Å². The van der Waals surface area contributed by atoms with Gasteiger partial charge in [-0.25, -0.2) is 4.98 Å². The predicted molar refractivity (Wildman–Crippen MR) is 79.1 cm³/mol. The number of nitrogens with one attached hydrogen (secondary N) is 2. The molecule has 7 nitrogen and oxygen atoms in total. The lowest BCUT2D eigenvalue weighted by Crippen LogP contribution is -2.01. The van der Waals surface area contributed by atoms with Crippen LogP contribution < -0.4 is 10.1 Å². The molecule has 21 heavy (non-hydrogen) atoms. The minimum atomic E-state index is 0.481. The van der Waals surface area contributed by atoms with Crippen molar-refractivity contribution in [2.24, 2.45) is 0 Å². The number of thiazole rings is 1. The van der Waals surface area contributed by atoms with Crippen LogP contribution in [0.25, 0.3) is 0 Å². The normalized spacial score (nSPS) is 10.5. The van der Waals surface area contributed by atoms with Crippen molar-refractivity contribution in [3.63, 3.8) is 0 Å². The molecule has 0 amide bonds. The number of hydrogen-bond donors (Lipinski definition) is 2. The van der Waals surface area contributed by atoms with E-state index in [2.05, 4.69) is 30.9 Å². The molecule has 0 saturated carbocycles. The number of aromatic amines is 1. The summed E-state index contributed by atoms with van der Waals surface area (Å²) >= 11 is 1.63. The number of aromatic nitrogens is 5. The van der Waals surface area contributed by atoms with Crippen LogP contribution >= 0.6 is 11.3 Å². The molecule has 0 bridgehead atoms. The Balaban J connectivity index is 1.51. The number of benzene rings is 1. The molecular formula is C13H14N6OS. The van der Waals surface area contributed by atoms with Crippen LogP contribution in [0.4, 0.5) is 5.95 Å². The number of H-pyrrole nitrogens is 1. The molecule has 0 fully saturated rings. The van der Waals surface area contributed by atoms with Gasteiger partial charge in [0.2, 0.25) is 0 Å². The average molecular weight is 302 g/mol. The number of rotatable bonds is 6. The van der Waals surface area contributed by atoms with Crippen LogP contribution in [0.2, 0.25) is 0 Å². The summed E-state index contributed by atoms with van der Waals surface area (Å²) in [7, 11) is 0. The lowest BCUT2D eigenvalue weighted by Gasteiger charge is -2.06.